The van der Waals surface area contributed by atoms with Gasteiger partial charge in [0.1, 0.15) is 5.15 Å². The van der Waals surface area contributed by atoms with E-state index in [2.05, 4.69) is 34.0 Å². The molecule has 0 saturated carbocycles. The fraction of sp³-hybridized carbons (Fsp3) is 0.450. The van der Waals surface area contributed by atoms with E-state index in [-0.39, 0.29) is 12.1 Å². The van der Waals surface area contributed by atoms with Crippen LogP contribution in [0.25, 0.3) is 0 Å². The SMILES string of the molecule is Cc1cccc(NC(=O)N2CCN(c3nccc(Cl)n3)CC2C(C)C)c1C. The van der Waals surface area contributed by atoms with Gasteiger partial charge >= 0.3 is 6.03 Å². The van der Waals surface area contributed by atoms with Crippen molar-refractivity contribution in [2.24, 2.45) is 5.92 Å². The lowest BCUT2D eigenvalue weighted by atomic mass is 10.00. The molecule has 0 aliphatic carbocycles. The van der Waals surface area contributed by atoms with E-state index in [1.54, 1.807) is 12.3 Å². The lowest BCUT2D eigenvalue weighted by Gasteiger charge is -2.43. The van der Waals surface area contributed by atoms with Gasteiger partial charge in [0.25, 0.3) is 0 Å². The quantitative estimate of drug-likeness (QED) is 0.804. The number of anilines is 2. The van der Waals surface area contributed by atoms with Crippen LogP contribution in [0, 0.1) is 19.8 Å². The third-order valence-electron chi connectivity index (χ3n) is 5.19. The second kappa shape index (κ2) is 8.13. The van der Waals surface area contributed by atoms with Crippen molar-refractivity contribution in [1.82, 2.24) is 14.9 Å². The normalized spacial score (nSPS) is 17.3. The Morgan fingerprint density at radius 2 is 2.04 bits per heavy atom. The molecule has 0 bridgehead atoms. The first kappa shape index (κ1) is 19.4. The zero-order valence-electron chi connectivity index (χ0n) is 16.2. The number of aromatic nitrogens is 2. The van der Waals surface area contributed by atoms with E-state index in [4.69, 9.17) is 11.6 Å². The van der Waals surface area contributed by atoms with Gasteiger partial charge in [-0.1, -0.05) is 37.6 Å². The van der Waals surface area contributed by atoms with Gasteiger partial charge in [-0.25, -0.2) is 14.8 Å². The van der Waals surface area contributed by atoms with E-state index >= 15 is 0 Å². The van der Waals surface area contributed by atoms with Crippen LogP contribution in [0.3, 0.4) is 0 Å². The number of rotatable bonds is 3. The number of benzene rings is 1. The van der Waals surface area contributed by atoms with Crippen molar-refractivity contribution in [1.29, 1.82) is 0 Å². The Morgan fingerprint density at radius 3 is 2.74 bits per heavy atom. The van der Waals surface area contributed by atoms with Crippen LogP contribution in [0.2, 0.25) is 5.15 Å². The fourth-order valence-corrected chi connectivity index (χ4v) is 3.50. The Labute approximate surface area is 165 Å². The molecule has 0 spiro atoms. The fourth-order valence-electron chi connectivity index (χ4n) is 3.37. The number of aryl methyl sites for hydroxylation is 1. The van der Waals surface area contributed by atoms with Crippen molar-refractivity contribution in [2.45, 2.75) is 33.7 Å². The minimum atomic E-state index is -0.0611. The maximum atomic E-state index is 13.0. The summed E-state index contributed by atoms with van der Waals surface area (Å²) < 4.78 is 0. The lowest BCUT2D eigenvalue weighted by Crippen LogP contribution is -2.58. The minimum Gasteiger partial charge on any atom is -0.337 e. The highest BCUT2D eigenvalue weighted by Crippen LogP contribution is 2.24. The van der Waals surface area contributed by atoms with Gasteiger partial charge in [0.05, 0.1) is 6.04 Å². The number of urea groups is 1. The summed E-state index contributed by atoms with van der Waals surface area (Å²) in [4.78, 5) is 25.6. The third kappa shape index (κ3) is 4.33. The lowest BCUT2D eigenvalue weighted by molar-refractivity contribution is 0.156. The molecule has 144 valence electrons. The molecule has 2 amide bonds. The van der Waals surface area contributed by atoms with Gasteiger partial charge < -0.3 is 15.1 Å². The summed E-state index contributed by atoms with van der Waals surface area (Å²) in [5.74, 6) is 0.916. The van der Waals surface area contributed by atoms with E-state index in [1.165, 1.54) is 0 Å². The average molecular weight is 388 g/mol. The maximum absolute atomic E-state index is 13.0. The molecule has 1 aliphatic rings. The Balaban J connectivity index is 1.76. The molecule has 27 heavy (non-hydrogen) atoms. The molecular formula is C20H26ClN5O. The molecule has 1 aromatic heterocycles. The standard InChI is InChI=1S/C20H26ClN5O/c1-13(2)17-12-25(19-22-9-8-18(21)24-19)10-11-26(17)20(27)23-16-7-5-6-14(3)15(16)4/h5-9,13,17H,10-12H2,1-4H3,(H,23,27). The third-order valence-corrected chi connectivity index (χ3v) is 5.40. The summed E-state index contributed by atoms with van der Waals surface area (Å²) in [6, 6.07) is 7.62. The molecule has 0 radical (unpaired) electrons. The smallest absolute Gasteiger partial charge is 0.322 e. The van der Waals surface area contributed by atoms with Crippen LogP contribution in [0.1, 0.15) is 25.0 Å². The second-order valence-electron chi connectivity index (χ2n) is 7.31. The highest BCUT2D eigenvalue weighted by molar-refractivity contribution is 6.29. The summed E-state index contributed by atoms with van der Waals surface area (Å²) in [5.41, 5.74) is 3.12. The molecule has 1 N–H and O–H groups in total. The molecule has 7 heteroatoms. The van der Waals surface area contributed by atoms with Crippen LogP contribution in [0.4, 0.5) is 16.4 Å². The van der Waals surface area contributed by atoms with Crippen LogP contribution in [-0.2, 0) is 0 Å². The number of piperazine rings is 1. The molecule has 2 heterocycles. The van der Waals surface area contributed by atoms with Crippen molar-refractivity contribution in [2.75, 3.05) is 29.9 Å². The number of carbonyl (C=O) groups excluding carboxylic acids is 1. The molecule has 1 saturated heterocycles. The van der Waals surface area contributed by atoms with E-state index in [9.17, 15) is 4.79 Å². The van der Waals surface area contributed by atoms with Crippen molar-refractivity contribution in [3.05, 3.63) is 46.7 Å². The maximum Gasteiger partial charge on any atom is 0.322 e. The first-order valence-electron chi connectivity index (χ1n) is 9.24. The molecule has 1 atom stereocenters. The minimum absolute atomic E-state index is 0.0611. The van der Waals surface area contributed by atoms with Gasteiger partial charge in [-0.05, 0) is 43.0 Å². The summed E-state index contributed by atoms with van der Waals surface area (Å²) in [6.45, 7) is 10.3. The van der Waals surface area contributed by atoms with Gasteiger partial charge in [0.2, 0.25) is 5.95 Å². The molecule has 1 aliphatic heterocycles. The van der Waals surface area contributed by atoms with Crippen LogP contribution in [0.15, 0.2) is 30.5 Å². The van der Waals surface area contributed by atoms with Gasteiger partial charge in [0.15, 0.2) is 0 Å². The highest BCUT2D eigenvalue weighted by atomic mass is 35.5. The van der Waals surface area contributed by atoms with Crippen molar-refractivity contribution >= 4 is 29.3 Å². The van der Waals surface area contributed by atoms with Gasteiger partial charge in [0, 0.05) is 31.5 Å². The van der Waals surface area contributed by atoms with Crippen LogP contribution < -0.4 is 10.2 Å². The Kier molecular flexibility index (Phi) is 5.85. The zero-order valence-corrected chi connectivity index (χ0v) is 17.0. The van der Waals surface area contributed by atoms with E-state index < -0.39 is 0 Å². The van der Waals surface area contributed by atoms with E-state index in [1.807, 2.05) is 36.9 Å². The summed E-state index contributed by atoms with van der Waals surface area (Å²) in [7, 11) is 0. The average Bonchev–Trinajstić information content (AvgIpc) is 2.65. The predicted octanol–water partition coefficient (Wildman–Crippen LogP) is 4.13. The number of carbonyl (C=O) groups is 1. The summed E-state index contributed by atoms with van der Waals surface area (Å²) in [5, 5.41) is 3.51. The number of hydrogen-bond acceptors (Lipinski definition) is 4. The number of hydrogen-bond donors (Lipinski definition) is 1. The van der Waals surface area contributed by atoms with E-state index in [0.717, 1.165) is 16.8 Å². The van der Waals surface area contributed by atoms with Crippen molar-refractivity contribution in [3.8, 4) is 0 Å². The second-order valence-corrected chi connectivity index (χ2v) is 7.70. The first-order valence-corrected chi connectivity index (χ1v) is 9.62. The Hall–Kier alpha value is -2.34. The first-order chi connectivity index (χ1) is 12.9. The van der Waals surface area contributed by atoms with Gasteiger partial charge in [-0.2, -0.15) is 0 Å². The number of nitrogens with one attached hydrogen (secondary N) is 1. The predicted molar refractivity (Wildman–Crippen MR) is 110 cm³/mol. The van der Waals surface area contributed by atoms with Crippen LogP contribution in [0.5, 0.6) is 0 Å². The van der Waals surface area contributed by atoms with Crippen LogP contribution in [-0.4, -0.2) is 46.6 Å². The molecular weight excluding hydrogens is 362 g/mol. The van der Waals surface area contributed by atoms with Crippen LogP contribution >= 0.6 is 11.6 Å². The Morgan fingerprint density at radius 1 is 1.26 bits per heavy atom. The number of nitrogens with zero attached hydrogens (tertiary/aromatic N) is 4. The Bertz CT molecular complexity index is 826. The highest BCUT2D eigenvalue weighted by Gasteiger charge is 2.33. The number of halogens is 1. The molecule has 1 aromatic carbocycles. The van der Waals surface area contributed by atoms with Gasteiger partial charge in [-0.3, -0.25) is 0 Å². The monoisotopic (exact) mass is 387 g/mol. The van der Waals surface area contributed by atoms with Crippen molar-refractivity contribution in [3.63, 3.8) is 0 Å². The van der Waals surface area contributed by atoms with E-state index in [0.29, 0.717) is 36.7 Å². The molecule has 2 aromatic rings. The molecule has 6 nitrogen and oxygen atoms in total. The zero-order chi connectivity index (χ0) is 19.6. The summed E-state index contributed by atoms with van der Waals surface area (Å²) in [6.07, 6.45) is 1.66. The largest absolute Gasteiger partial charge is 0.337 e. The van der Waals surface area contributed by atoms with Gasteiger partial charge in [-0.15, -0.1) is 0 Å². The number of amides is 2. The molecule has 1 fully saturated rings. The summed E-state index contributed by atoms with van der Waals surface area (Å²) >= 11 is 6.01. The van der Waals surface area contributed by atoms with Crippen molar-refractivity contribution < 1.29 is 4.79 Å². The topological polar surface area (TPSA) is 61.4 Å². The molecule has 3 rings (SSSR count). The molecule has 1 unspecified atom stereocenters.